The smallest absolute Gasteiger partial charge is 0.267 e. The zero-order valence-electron chi connectivity index (χ0n) is 9.79. The van der Waals surface area contributed by atoms with Crippen molar-refractivity contribution in [1.29, 1.82) is 0 Å². The molecule has 0 atom stereocenters. The van der Waals surface area contributed by atoms with Gasteiger partial charge in [-0.25, -0.2) is 0 Å². The fourth-order valence-corrected chi connectivity index (χ4v) is 1.77. The van der Waals surface area contributed by atoms with E-state index >= 15 is 0 Å². The molecule has 1 heterocycles. The third-order valence-electron chi connectivity index (χ3n) is 2.55. The van der Waals surface area contributed by atoms with Crippen LogP contribution in [0.1, 0.15) is 29.9 Å². The molecule has 1 aromatic carbocycles. The van der Waals surface area contributed by atoms with Crippen molar-refractivity contribution >= 4 is 16.8 Å². The second kappa shape index (κ2) is 4.00. The lowest BCUT2D eigenvalue weighted by atomic mass is 10.1. The molecule has 2 rings (SSSR count). The molecule has 0 spiro atoms. The normalized spacial score (nSPS) is 11.0. The van der Waals surface area contributed by atoms with Gasteiger partial charge in [-0.15, -0.1) is 0 Å². The molecular weight excluding hydrogens is 200 g/mol. The number of aromatic amines is 1. The van der Waals surface area contributed by atoms with Crippen LogP contribution in [0.5, 0.6) is 0 Å². The number of fused-ring (bicyclic) bond motifs is 1. The quantitative estimate of drug-likeness (QED) is 0.796. The molecule has 0 bridgehead atoms. The third-order valence-corrected chi connectivity index (χ3v) is 2.55. The van der Waals surface area contributed by atoms with Gasteiger partial charge in [0.15, 0.2) is 0 Å². The first kappa shape index (κ1) is 10.7. The van der Waals surface area contributed by atoms with Gasteiger partial charge in [0.2, 0.25) is 0 Å². The maximum atomic E-state index is 11.8. The van der Waals surface area contributed by atoms with Gasteiger partial charge >= 0.3 is 0 Å². The van der Waals surface area contributed by atoms with Crippen molar-refractivity contribution < 1.29 is 4.79 Å². The summed E-state index contributed by atoms with van der Waals surface area (Å²) >= 11 is 0. The van der Waals surface area contributed by atoms with E-state index in [1.165, 1.54) is 5.56 Å². The Hall–Kier alpha value is -1.77. The van der Waals surface area contributed by atoms with Gasteiger partial charge in [0, 0.05) is 16.9 Å². The summed E-state index contributed by atoms with van der Waals surface area (Å²) in [6, 6.07) is 8.06. The molecule has 0 radical (unpaired) electrons. The number of amides is 1. The van der Waals surface area contributed by atoms with Crippen LogP contribution in [0.2, 0.25) is 0 Å². The van der Waals surface area contributed by atoms with Gasteiger partial charge in [-0.1, -0.05) is 12.1 Å². The van der Waals surface area contributed by atoms with Crippen LogP contribution < -0.4 is 5.32 Å². The van der Waals surface area contributed by atoms with Gasteiger partial charge in [0.1, 0.15) is 5.69 Å². The van der Waals surface area contributed by atoms with Gasteiger partial charge in [0.05, 0.1) is 0 Å². The lowest BCUT2D eigenvalue weighted by Gasteiger charge is -2.05. The number of hydrogen-bond donors (Lipinski definition) is 2. The Morgan fingerprint density at radius 2 is 2.12 bits per heavy atom. The third kappa shape index (κ3) is 1.94. The fourth-order valence-electron chi connectivity index (χ4n) is 1.77. The van der Waals surface area contributed by atoms with E-state index in [0.29, 0.717) is 5.69 Å². The Balaban J connectivity index is 2.40. The highest BCUT2D eigenvalue weighted by atomic mass is 16.1. The minimum Gasteiger partial charge on any atom is -0.351 e. The van der Waals surface area contributed by atoms with Gasteiger partial charge in [-0.2, -0.15) is 0 Å². The number of rotatable bonds is 2. The van der Waals surface area contributed by atoms with E-state index in [9.17, 15) is 4.79 Å². The van der Waals surface area contributed by atoms with Crippen molar-refractivity contribution in [1.82, 2.24) is 10.3 Å². The van der Waals surface area contributed by atoms with Gasteiger partial charge in [0.25, 0.3) is 5.91 Å². The minimum atomic E-state index is -0.0504. The lowest BCUT2D eigenvalue weighted by Crippen LogP contribution is -2.30. The van der Waals surface area contributed by atoms with Crippen LogP contribution in [0.3, 0.4) is 0 Å². The molecule has 0 aliphatic carbocycles. The second-order valence-corrected chi connectivity index (χ2v) is 4.35. The Bertz CT molecular complexity index is 526. The first-order chi connectivity index (χ1) is 7.58. The average Bonchev–Trinajstić information content (AvgIpc) is 2.61. The first-order valence-corrected chi connectivity index (χ1v) is 5.47. The van der Waals surface area contributed by atoms with Crippen LogP contribution in [0.15, 0.2) is 24.3 Å². The molecule has 0 aliphatic heterocycles. The van der Waals surface area contributed by atoms with Crippen LogP contribution in [-0.2, 0) is 0 Å². The number of carbonyl (C=O) groups is 1. The number of hydrogen-bond acceptors (Lipinski definition) is 1. The van der Waals surface area contributed by atoms with E-state index in [1.807, 2.05) is 45.0 Å². The predicted octanol–water partition coefficient (Wildman–Crippen LogP) is 2.61. The fraction of sp³-hybridized carbons (Fsp3) is 0.308. The van der Waals surface area contributed by atoms with E-state index in [0.717, 1.165) is 10.9 Å². The van der Waals surface area contributed by atoms with Crippen molar-refractivity contribution in [2.24, 2.45) is 0 Å². The predicted molar refractivity (Wildman–Crippen MR) is 65.6 cm³/mol. The van der Waals surface area contributed by atoms with Crippen molar-refractivity contribution in [3.05, 3.63) is 35.5 Å². The van der Waals surface area contributed by atoms with Gasteiger partial charge in [-0.3, -0.25) is 4.79 Å². The number of H-pyrrole nitrogens is 1. The Morgan fingerprint density at radius 1 is 1.38 bits per heavy atom. The Labute approximate surface area is 94.9 Å². The van der Waals surface area contributed by atoms with Crippen LogP contribution in [0.25, 0.3) is 10.9 Å². The van der Waals surface area contributed by atoms with Crippen LogP contribution >= 0.6 is 0 Å². The number of carbonyl (C=O) groups excluding carboxylic acids is 1. The average molecular weight is 216 g/mol. The molecular formula is C13H16N2O. The van der Waals surface area contributed by atoms with Crippen LogP contribution in [-0.4, -0.2) is 16.9 Å². The second-order valence-electron chi connectivity index (χ2n) is 4.35. The highest BCUT2D eigenvalue weighted by Gasteiger charge is 2.10. The molecule has 3 heteroatoms. The number of nitrogens with one attached hydrogen (secondary N) is 2. The molecule has 1 aromatic heterocycles. The molecule has 0 fully saturated rings. The number of aryl methyl sites for hydroxylation is 1. The monoisotopic (exact) mass is 216 g/mol. The van der Waals surface area contributed by atoms with Crippen LogP contribution in [0.4, 0.5) is 0 Å². The summed E-state index contributed by atoms with van der Waals surface area (Å²) in [6.45, 7) is 5.94. The number of aromatic nitrogens is 1. The largest absolute Gasteiger partial charge is 0.351 e. The molecule has 3 nitrogen and oxygen atoms in total. The van der Waals surface area contributed by atoms with E-state index in [1.54, 1.807) is 0 Å². The van der Waals surface area contributed by atoms with Crippen molar-refractivity contribution in [3.63, 3.8) is 0 Å². The highest BCUT2D eigenvalue weighted by Crippen LogP contribution is 2.19. The van der Waals surface area contributed by atoms with Gasteiger partial charge < -0.3 is 10.3 Å². The topological polar surface area (TPSA) is 44.9 Å². The van der Waals surface area contributed by atoms with E-state index in [2.05, 4.69) is 10.3 Å². The summed E-state index contributed by atoms with van der Waals surface area (Å²) in [5.74, 6) is -0.0504. The van der Waals surface area contributed by atoms with E-state index < -0.39 is 0 Å². The molecule has 1 amide bonds. The first-order valence-electron chi connectivity index (χ1n) is 5.47. The Morgan fingerprint density at radius 3 is 2.75 bits per heavy atom. The molecule has 0 saturated heterocycles. The number of benzene rings is 1. The summed E-state index contributed by atoms with van der Waals surface area (Å²) < 4.78 is 0. The van der Waals surface area contributed by atoms with Gasteiger partial charge in [-0.05, 0) is 38.5 Å². The maximum absolute atomic E-state index is 11.8. The Kier molecular flexibility index (Phi) is 2.69. The molecule has 16 heavy (non-hydrogen) atoms. The highest BCUT2D eigenvalue weighted by molar-refractivity contribution is 5.98. The molecule has 0 saturated carbocycles. The summed E-state index contributed by atoms with van der Waals surface area (Å²) in [6.07, 6.45) is 0. The summed E-state index contributed by atoms with van der Waals surface area (Å²) in [5.41, 5.74) is 2.81. The molecule has 0 unspecified atom stereocenters. The minimum absolute atomic E-state index is 0.0504. The van der Waals surface area contributed by atoms with Crippen molar-refractivity contribution in [3.8, 4) is 0 Å². The summed E-state index contributed by atoms with van der Waals surface area (Å²) in [4.78, 5) is 14.9. The van der Waals surface area contributed by atoms with Crippen molar-refractivity contribution in [2.45, 2.75) is 26.8 Å². The lowest BCUT2D eigenvalue weighted by molar-refractivity contribution is 0.0939. The molecule has 84 valence electrons. The van der Waals surface area contributed by atoms with E-state index in [4.69, 9.17) is 0 Å². The standard InChI is InChI=1S/C13H16N2O/c1-8(2)14-13(16)12-7-10-9(3)5-4-6-11(10)15-12/h4-8,15H,1-3H3,(H,14,16). The SMILES string of the molecule is Cc1cccc2[nH]c(C(=O)NC(C)C)cc12. The maximum Gasteiger partial charge on any atom is 0.267 e. The summed E-state index contributed by atoms with van der Waals surface area (Å²) in [7, 11) is 0. The van der Waals surface area contributed by atoms with Crippen LogP contribution in [0, 0.1) is 6.92 Å². The van der Waals surface area contributed by atoms with Crippen molar-refractivity contribution in [2.75, 3.05) is 0 Å². The molecule has 0 aliphatic rings. The van der Waals surface area contributed by atoms with E-state index in [-0.39, 0.29) is 11.9 Å². The molecule has 2 aromatic rings. The zero-order chi connectivity index (χ0) is 11.7. The summed E-state index contributed by atoms with van der Waals surface area (Å²) in [5, 5.41) is 3.98. The molecule has 2 N–H and O–H groups in total. The zero-order valence-corrected chi connectivity index (χ0v) is 9.79.